The molecule has 2 saturated carbocycles. The van der Waals surface area contributed by atoms with Gasteiger partial charge in [0, 0.05) is 31.2 Å². The molecule has 0 amide bonds. The Bertz CT molecular complexity index is 243. The van der Waals surface area contributed by atoms with E-state index in [0.29, 0.717) is 0 Å². The first-order valence-corrected chi connectivity index (χ1v) is 7.87. The maximum atomic E-state index is 3.77. The Morgan fingerprint density at radius 1 is 1.06 bits per heavy atom. The van der Waals surface area contributed by atoms with E-state index in [4.69, 9.17) is 0 Å². The van der Waals surface area contributed by atoms with Crippen LogP contribution in [0.5, 0.6) is 0 Å². The molecule has 2 nitrogen and oxygen atoms in total. The van der Waals surface area contributed by atoms with E-state index in [-0.39, 0.29) is 0 Å². The van der Waals surface area contributed by atoms with Crippen molar-refractivity contribution in [1.29, 1.82) is 0 Å². The number of hydrogen-bond donors (Lipinski definition) is 1. The Morgan fingerprint density at radius 2 is 1.82 bits per heavy atom. The van der Waals surface area contributed by atoms with E-state index in [2.05, 4.69) is 17.1 Å². The van der Waals surface area contributed by atoms with Gasteiger partial charge in [-0.2, -0.15) is 0 Å². The Morgan fingerprint density at radius 3 is 2.47 bits per heavy atom. The summed E-state index contributed by atoms with van der Waals surface area (Å²) in [7, 11) is 0. The Kier molecular flexibility index (Phi) is 3.72. The van der Waals surface area contributed by atoms with Crippen molar-refractivity contribution in [2.75, 3.05) is 13.1 Å². The van der Waals surface area contributed by atoms with Crippen LogP contribution in [0.3, 0.4) is 0 Å². The molecule has 1 N–H and O–H groups in total. The molecule has 2 aliphatic carbocycles. The lowest BCUT2D eigenvalue weighted by atomic mass is 9.90. The summed E-state index contributed by atoms with van der Waals surface area (Å²) in [5, 5.41) is 3.77. The van der Waals surface area contributed by atoms with Crippen molar-refractivity contribution in [3.05, 3.63) is 0 Å². The third-order valence-corrected chi connectivity index (χ3v) is 5.18. The van der Waals surface area contributed by atoms with Crippen molar-refractivity contribution >= 4 is 0 Å². The monoisotopic (exact) mass is 236 g/mol. The van der Waals surface area contributed by atoms with Crippen LogP contribution in [0.2, 0.25) is 0 Å². The highest BCUT2D eigenvalue weighted by atomic mass is 15.3. The van der Waals surface area contributed by atoms with Gasteiger partial charge in [-0.15, -0.1) is 0 Å². The minimum absolute atomic E-state index is 0.756. The predicted octanol–water partition coefficient (Wildman–Crippen LogP) is 2.78. The Balaban J connectivity index is 1.66. The Hall–Kier alpha value is -0.0800. The number of nitrogens with zero attached hydrogens (tertiary/aromatic N) is 1. The lowest BCUT2D eigenvalue weighted by molar-refractivity contribution is 0.0500. The molecule has 3 aliphatic rings. The quantitative estimate of drug-likeness (QED) is 0.810. The molecule has 3 fully saturated rings. The topological polar surface area (TPSA) is 15.3 Å². The highest BCUT2D eigenvalue weighted by molar-refractivity contribution is 4.97. The summed E-state index contributed by atoms with van der Waals surface area (Å²) >= 11 is 0. The third-order valence-electron chi connectivity index (χ3n) is 5.18. The van der Waals surface area contributed by atoms with Crippen LogP contribution in [0, 0.1) is 5.92 Å². The van der Waals surface area contributed by atoms with Crippen LogP contribution in [0.15, 0.2) is 0 Å². The largest absolute Gasteiger partial charge is 0.311 e. The zero-order chi connectivity index (χ0) is 11.7. The fourth-order valence-corrected chi connectivity index (χ4v) is 3.88. The van der Waals surface area contributed by atoms with Gasteiger partial charge < -0.3 is 5.32 Å². The van der Waals surface area contributed by atoms with Crippen LogP contribution < -0.4 is 5.32 Å². The zero-order valence-electron chi connectivity index (χ0n) is 11.3. The lowest BCUT2D eigenvalue weighted by Gasteiger charge is -2.46. The van der Waals surface area contributed by atoms with Crippen molar-refractivity contribution in [3.8, 4) is 0 Å². The van der Waals surface area contributed by atoms with Crippen LogP contribution in [0.25, 0.3) is 0 Å². The molecule has 0 bridgehead atoms. The predicted molar refractivity (Wildman–Crippen MR) is 72.2 cm³/mol. The van der Waals surface area contributed by atoms with Gasteiger partial charge in [-0.25, -0.2) is 0 Å². The molecule has 1 aliphatic heterocycles. The molecular weight excluding hydrogens is 208 g/mol. The first-order chi connectivity index (χ1) is 8.38. The highest BCUT2D eigenvalue weighted by Gasteiger charge is 2.41. The summed E-state index contributed by atoms with van der Waals surface area (Å²) < 4.78 is 0. The second-order valence-corrected chi connectivity index (χ2v) is 6.41. The van der Waals surface area contributed by atoms with Gasteiger partial charge in [0.2, 0.25) is 0 Å². The third kappa shape index (κ3) is 2.68. The normalized spacial score (nSPS) is 37.2. The molecule has 1 saturated heterocycles. The number of rotatable bonds is 3. The first kappa shape index (κ1) is 12.0. The van der Waals surface area contributed by atoms with Crippen LogP contribution in [0.1, 0.15) is 58.3 Å². The van der Waals surface area contributed by atoms with Crippen molar-refractivity contribution in [2.24, 2.45) is 5.92 Å². The smallest absolute Gasteiger partial charge is 0.0252 e. The molecule has 0 aromatic rings. The summed E-state index contributed by atoms with van der Waals surface area (Å²) in [6.45, 7) is 4.91. The number of hydrogen-bond acceptors (Lipinski definition) is 2. The fraction of sp³-hybridized carbons (Fsp3) is 1.00. The van der Waals surface area contributed by atoms with Crippen molar-refractivity contribution < 1.29 is 0 Å². The standard InChI is InChI=1S/C15H28N2/c1-2-13-11-17(14-6-4-3-5-7-14)15(10-16-13)12-8-9-12/h12-16H,2-11H2,1H3. The summed E-state index contributed by atoms with van der Waals surface area (Å²) in [5.41, 5.74) is 0. The molecule has 0 spiro atoms. The molecule has 2 atom stereocenters. The van der Waals surface area contributed by atoms with E-state index in [9.17, 15) is 0 Å². The van der Waals surface area contributed by atoms with Crippen LogP contribution in [-0.4, -0.2) is 36.1 Å². The van der Waals surface area contributed by atoms with Crippen molar-refractivity contribution in [1.82, 2.24) is 10.2 Å². The van der Waals surface area contributed by atoms with Gasteiger partial charge in [-0.05, 0) is 38.0 Å². The lowest BCUT2D eigenvalue weighted by Crippen LogP contribution is -2.60. The fourth-order valence-electron chi connectivity index (χ4n) is 3.88. The molecular formula is C15H28N2. The van der Waals surface area contributed by atoms with E-state index >= 15 is 0 Å². The number of nitrogens with one attached hydrogen (secondary N) is 1. The van der Waals surface area contributed by atoms with E-state index in [0.717, 1.165) is 24.0 Å². The molecule has 98 valence electrons. The van der Waals surface area contributed by atoms with Crippen LogP contribution in [-0.2, 0) is 0 Å². The van der Waals surface area contributed by atoms with Gasteiger partial charge in [0.05, 0.1) is 0 Å². The molecule has 2 heteroatoms. The van der Waals surface area contributed by atoms with Gasteiger partial charge in [0.25, 0.3) is 0 Å². The average molecular weight is 236 g/mol. The minimum atomic E-state index is 0.756. The first-order valence-electron chi connectivity index (χ1n) is 7.87. The number of piperazine rings is 1. The van der Waals surface area contributed by atoms with Gasteiger partial charge in [-0.3, -0.25) is 4.90 Å². The molecule has 3 rings (SSSR count). The molecule has 0 aromatic carbocycles. The second-order valence-electron chi connectivity index (χ2n) is 6.41. The summed E-state index contributed by atoms with van der Waals surface area (Å²) in [6, 6.07) is 2.55. The van der Waals surface area contributed by atoms with E-state index in [1.54, 1.807) is 0 Å². The molecule has 17 heavy (non-hydrogen) atoms. The molecule has 0 aromatic heterocycles. The van der Waals surface area contributed by atoms with Gasteiger partial charge in [-0.1, -0.05) is 26.2 Å². The average Bonchev–Trinajstić information content (AvgIpc) is 3.23. The van der Waals surface area contributed by atoms with Crippen molar-refractivity contribution in [2.45, 2.75) is 76.4 Å². The highest BCUT2D eigenvalue weighted by Crippen LogP contribution is 2.38. The molecule has 1 heterocycles. The van der Waals surface area contributed by atoms with Crippen LogP contribution in [0.4, 0.5) is 0 Å². The molecule has 0 radical (unpaired) electrons. The van der Waals surface area contributed by atoms with Crippen LogP contribution >= 0.6 is 0 Å². The Labute approximate surface area is 106 Å². The maximum absolute atomic E-state index is 3.77. The van der Waals surface area contributed by atoms with E-state index < -0.39 is 0 Å². The zero-order valence-corrected chi connectivity index (χ0v) is 11.3. The van der Waals surface area contributed by atoms with Gasteiger partial charge in [0.15, 0.2) is 0 Å². The van der Waals surface area contributed by atoms with E-state index in [1.807, 2.05) is 0 Å². The van der Waals surface area contributed by atoms with Crippen molar-refractivity contribution in [3.63, 3.8) is 0 Å². The summed E-state index contributed by atoms with van der Waals surface area (Å²) in [6.07, 6.45) is 11.7. The summed E-state index contributed by atoms with van der Waals surface area (Å²) in [5.74, 6) is 1.03. The second kappa shape index (κ2) is 5.27. The SMILES string of the molecule is CCC1CN(C2CCCCC2)C(C2CC2)CN1. The summed E-state index contributed by atoms with van der Waals surface area (Å²) in [4.78, 5) is 2.92. The van der Waals surface area contributed by atoms with Gasteiger partial charge in [0.1, 0.15) is 0 Å². The van der Waals surface area contributed by atoms with E-state index in [1.165, 1.54) is 64.5 Å². The molecule has 2 unspecified atom stereocenters. The van der Waals surface area contributed by atoms with Gasteiger partial charge >= 0.3 is 0 Å². The minimum Gasteiger partial charge on any atom is -0.311 e. The maximum Gasteiger partial charge on any atom is 0.0252 e.